The van der Waals surface area contributed by atoms with Crippen molar-refractivity contribution < 1.29 is 10.2 Å². The molecule has 0 fully saturated rings. The van der Waals surface area contributed by atoms with Gasteiger partial charge in [0.1, 0.15) is 16.7 Å². The lowest BCUT2D eigenvalue weighted by Crippen LogP contribution is -1.58. The molecule has 9 heavy (non-hydrogen) atoms. The van der Waals surface area contributed by atoms with Crippen molar-refractivity contribution in [2.75, 3.05) is 0 Å². The average Bonchev–Trinajstić information content (AvgIpc) is 2.10. The molecule has 3 nitrogen and oxygen atoms in total. The van der Waals surface area contributed by atoms with Crippen LogP contribution < -0.4 is 0 Å². The number of rotatable bonds is 0. The van der Waals surface area contributed by atoms with Crippen LogP contribution >= 0.6 is 11.3 Å². The lowest BCUT2D eigenvalue weighted by molar-refractivity contribution is 0.463. The number of nitriles is 1. The van der Waals surface area contributed by atoms with E-state index in [2.05, 4.69) is 0 Å². The van der Waals surface area contributed by atoms with Gasteiger partial charge in [0.15, 0.2) is 5.06 Å². The van der Waals surface area contributed by atoms with Crippen LogP contribution in [-0.4, -0.2) is 10.2 Å². The quantitative estimate of drug-likeness (QED) is 0.567. The standard InChI is InChI=1S/C5H3NO2S/c6-2-4-3(7)1-5(8)9-4/h1,7-8H. The van der Waals surface area contributed by atoms with E-state index in [-0.39, 0.29) is 15.7 Å². The molecule has 4 heteroatoms. The van der Waals surface area contributed by atoms with E-state index in [9.17, 15) is 0 Å². The zero-order valence-corrected chi connectivity index (χ0v) is 5.14. The second-order valence-electron chi connectivity index (χ2n) is 1.41. The Morgan fingerprint density at radius 1 is 1.56 bits per heavy atom. The molecule has 0 saturated heterocycles. The maximum Gasteiger partial charge on any atom is 0.176 e. The molecule has 0 aliphatic heterocycles. The SMILES string of the molecule is N#Cc1sc(O)cc1O. The summed E-state index contributed by atoms with van der Waals surface area (Å²) in [5.74, 6) is -0.153. The Hall–Kier alpha value is -1.21. The number of thiophene rings is 1. The van der Waals surface area contributed by atoms with Crippen LogP contribution in [0.15, 0.2) is 6.07 Å². The van der Waals surface area contributed by atoms with Gasteiger partial charge in [-0.1, -0.05) is 11.3 Å². The lowest BCUT2D eigenvalue weighted by Gasteiger charge is -1.76. The molecule has 1 aromatic rings. The summed E-state index contributed by atoms with van der Waals surface area (Å²) < 4.78 is 0. The Labute approximate surface area is 55.4 Å². The van der Waals surface area contributed by atoms with Crippen LogP contribution in [0.4, 0.5) is 0 Å². The molecule has 0 spiro atoms. The van der Waals surface area contributed by atoms with Gasteiger partial charge in [-0.15, -0.1) is 0 Å². The Balaban J connectivity index is 3.20. The van der Waals surface area contributed by atoms with Crippen molar-refractivity contribution in [1.82, 2.24) is 0 Å². The normalized spacial score (nSPS) is 8.78. The van der Waals surface area contributed by atoms with E-state index in [0.29, 0.717) is 0 Å². The Morgan fingerprint density at radius 2 is 2.22 bits per heavy atom. The fraction of sp³-hybridized carbons (Fsp3) is 0. The third-order valence-corrected chi connectivity index (χ3v) is 1.63. The summed E-state index contributed by atoms with van der Waals surface area (Å²) in [6.45, 7) is 0. The monoisotopic (exact) mass is 141 g/mol. The maximum absolute atomic E-state index is 8.76. The topological polar surface area (TPSA) is 64.2 Å². The van der Waals surface area contributed by atoms with Crippen LogP contribution in [0.5, 0.6) is 10.8 Å². The van der Waals surface area contributed by atoms with Crippen molar-refractivity contribution in [2.45, 2.75) is 0 Å². The number of nitrogens with zero attached hydrogens (tertiary/aromatic N) is 1. The van der Waals surface area contributed by atoms with Gasteiger partial charge in [-0.05, 0) is 0 Å². The van der Waals surface area contributed by atoms with Crippen molar-refractivity contribution in [3.63, 3.8) is 0 Å². The molecule has 0 unspecified atom stereocenters. The molecule has 0 saturated carbocycles. The van der Waals surface area contributed by atoms with Crippen LogP contribution in [0.1, 0.15) is 4.88 Å². The predicted molar refractivity (Wildman–Crippen MR) is 32.4 cm³/mol. The van der Waals surface area contributed by atoms with Crippen molar-refractivity contribution in [2.24, 2.45) is 0 Å². The summed E-state index contributed by atoms with van der Waals surface area (Å²) in [7, 11) is 0. The van der Waals surface area contributed by atoms with Crippen molar-refractivity contribution in [1.29, 1.82) is 5.26 Å². The minimum Gasteiger partial charge on any atom is -0.506 e. The Bertz CT molecular complexity index is 260. The summed E-state index contributed by atoms with van der Waals surface area (Å²) in [4.78, 5) is 0.146. The minimum atomic E-state index is -0.153. The molecule has 0 bridgehead atoms. The van der Waals surface area contributed by atoms with Gasteiger partial charge < -0.3 is 10.2 Å². The average molecular weight is 141 g/mol. The molecule has 0 radical (unpaired) electrons. The van der Waals surface area contributed by atoms with E-state index in [0.717, 1.165) is 17.4 Å². The van der Waals surface area contributed by atoms with Gasteiger partial charge >= 0.3 is 0 Å². The molecule has 0 amide bonds. The van der Waals surface area contributed by atoms with Crippen LogP contribution in [-0.2, 0) is 0 Å². The molecular weight excluding hydrogens is 138 g/mol. The van der Waals surface area contributed by atoms with Crippen LogP contribution in [0, 0.1) is 11.3 Å². The van der Waals surface area contributed by atoms with E-state index in [1.165, 1.54) is 0 Å². The zero-order chi connectivity index (χ0) is 6.85. The molecule has 1 aromatic heterocycles. The molecule has 2 N–H and O–H groups in total. The second kappa shape index (κ2) is 1.96. The fourth-order valence-electron chi connectivity index (χ4n) is 0.449. The molecule has 0 atom stereocenters. The largest absolute Gasteiger partial charge is 0.506 e. The van der Waals surface area contributed by atoms with E-state index < -0.39 is 0 Å². The highest BCUT2D eigenvalue weighted by Crippen LogP contribution is 2.31. The van der Waals surface area contributed by atoms with Crippen molar-refractivity contribution >= 4 is 11.3 Å². The zero-order valence-electron chi connectivity index (χ0n) is 4.33. The third kappa shape index (κ3) is 0.952. The summed E-state index contributed by atoms with van der Waals surface area (Å²) >= 11 is 0.859. The smallest absolute Gasteiger partial charge is 0.176 e. The highest BCUT2D eigenvalue weighted by molar-refractivity contribution is 7.14. The Morgan fingerprint density at radius 3 is 2.44 bits per heavy atom. The molecule has 1 rings (SSSR count). The van der Waals surface area contributed by atoms with E-state index in [1.54, 1.807) is 6.07 Å². The second-order valence-corrected chi connectivity index (χ2v) is 2.44. The van der Waals surface area contributed by atoms with E-state index >= 15 is 0 Å². The third-order valence-electron chi connectivity index (χ3n) is 0.801. The maximum atomic E-state index is 8.76. The van der Waals surface area contributed by atoms with Crippen LogP contribution in [0.25, 0.3) is 0 Å². The van der Waals surface area contributed by atoms with E-state index in [4.69, 9.17) is 15.5 Å². The molecule has 0 aliphatic rings. The van der Waals surface area contributed by atoms with Gasteiger partial charge in [0, 0.05) is 6.07 Å². The van der Waals surface area contributed by atoms with Crippen LogP contribution in [0.2, 0.25) is 0 Å². The molecule has 0 aromatic carbocycles. The van der Waals surface area contributed by atoms with Gasteiger partial charge in [0.05, 0.1) is 0 Å². The minimum absolute atomic E-state index is 0.0379. The fourth-order valence-corrected chi connectivity index (χ4v) is 1.04. The van der Waals surface area contributed by atoms with Gasteiger partial charge in [0.25, 0.3) is 0 Å². The number of aromatic hydroxyl groups is 2. The number of hydrogen-bond donors (Lipinski definition) is 2. The van der Waals surface area contributed by atoms with Gasteiger partial charge in [-0.3, -0.25) is 0 Å². The van der Waals surface area contributed by atoms with Crippen molar-refractivity contribution in [3.8, 4) is 16.9 Å². The highest BCUT2D eigenvalue weighted by Gasteiger charge is 2.04. The molecule has 1 heterocycles. The van der Waals surface area contributed by atoms with Crippen molar-refractivity contribution in [3.05, 3.63) is 10.9 Å². The molecule has 46 valence electrons. The van der Waals surface area contributed by atoms with Gasteiger partial charge in [0.2, 0.25) is 0 Å². The predicted octanol–water partition coefficient (Wildman–Crippen LogP) is 1.03. The van der Waals surface area contributed by atoms with E-state index in [1.807, 2.05) is 0 Å². The first-order valence-electron chi connectivity index (χ1n) is 2.16. The van der Waals surface area contributed by atoms with Gasteiger partial charge in [-0.25, -0.2) is 0 Å². The summed E-state index contributed by atoms with van der Waals surface area (Å²) in [6, 6.07) is 2.87. The first kappa shape index (κ1) is 5.92. The number of hydrogen-bond acceptors (Lipinski definition) is 4. The first-order valence-corrected chi connectivity index (χ1v) is 2.97. The summed E-state index contributed by atoms with van der Waals surface area (Å²) in [5.41, 5.74) is 0. The van der Waals surface area contributed by atoms with Gasteiger partial charge in [-0.2, -0.15) is 5.26 Å². The highest BCUT2D eigenvalue weighted by atomic mass is 32.1. The summed E-state index contributed by atoms with van der Waals surface area (Å²) in [6.07, 6.45) is 0. The molecular formula is C5H3NO2S. The lowest BCUT2D eigenvalue weighted by atomic mass is 10.4. The summed E-state index contributed by atoms with van der Waals surface area (Å²) in [5, 5.41) is 25.6. The van der Waals surface area contributed by atoms with Crippen LogP contribution in [0.3, 0.4) is 0 Å². The first-order chi connectivity index (χ1) is 4.24. The Kier molecular flexibility index (Phi) is 1.29. The molecule has 0 aliphatic carbocycles.